The van der Waals surface area contributed by atoms with Crippen LogP contribution in [0.2, 0.25) is 58.9 Å². The van der Waals surface area contributed by atoms with E-state index in [1.54, 1.807) is 48.5 Å². The van der Waals surface area contributed by atoms with E-state index in [2.05, 4.69) is 58.9 Å². The summed E-state index contributed by atoms with van der Waals surface area (Å²) < 4.78 is 79.8. The minimum Gasteiger partial charge on any atom is -0.469 e. The number of benzene rings is 2. The summed E-state index contributed by atoms with van der Waals surface area (Å²) in [6.45, 7) is 19.3. The van der Waals surface area contributed by atoms with Crippen molar-refractivity contribution < 1.29 is 60.2 Å². The fraction of sp³-hybridized carbons (Fsp3) is 0.659. The predicted molar refractivity (Wildman–Crippen MR) is 232 cm³/mol. The zero-order valence-electron chi connectivity index (χ0n) is 36.6. The second-order valence-electron chi connectivity index (χ2n) is 17.3. The molecule has 0 saturated carbocycles. The van der Waals surface area contributed by atoms with Crippen LogP contribution in [-0.2, 0) is 51.1 Å². The van der Waals surface area contributed by atoms with Gasteiger partial charge in [-0.15, -0.1) is 0 Å². The van der Waals surface area contributed by atoms with Gasteiger partial charge in [-0.3, -0.25) is 9.59 Å². The van der Waals surface area contributed by atoms with Crippen molar-refractivity contribution in [3.8, 4) is 11.5 Å². The fourth-order valence-corrected chi connectivity index (χ4v) is 11.5. The highest BCUT2D eigenvalue weighted by Crippen LogP contribution is 2.57. The van der Waals surface area contributed by atoms with Crippen LogP contribution in [0.1, 0.15) is 51.4 Å². The van der Waals surface area contributed by atoms with Gasteiger partial charge in [0.1, 0.15) is 35.9 Å². The Labute approximate surface area is 350 Å². The Morgan fingerprint density at radius 3 is 1.48 bits per heavy atom. The molecule has 2 aromatic carbocycles. The zero-order chi connectivity index (χ0) is 43.0. The van der Waals surface area contributed by atoms with Crippen LogP contribution in [0.5, 0.6) is 11.5 Å². The monoisotopic (exact) mass is 884 g/mol. The van der Waals surface area contributed by atoms with Crippen LogP contribution in [0, 0.1) is 0 Å². The highest BCUT2D eigenvalue weighted by molar-refractivity contribution is 7.55. The minimum absolute atomic E-state index is 0.145. The van der Waals surface area contributed by atoms with Crippen molar-refractivity contribution in [2.24, 2.45) is 0 Å². The highest BCUT2D eigenvalue weighted by atomic mass is 31.2. The van der Waals surface area contributed by atoms with E-state index in [-0.39, 0.29) is 25.0 Å². The Hall–Kier alpha value is -2.38. The van der Waals surface area contributed by atoms with Gasteiger partial charge in [0.2, 0.25) is 5.85 Å². The van der Waals surface area contributed by atoms with Crippen LogP contribution < -0.4 is 9.05 Å². The van der Waals surface area contributed by atoms with E-state index in [4.69, 9.17) is 46.0 Å². The summed E-state index contributed by atoms with van der Waals surface area (Å²) in [5.41, 5.74) is 0. The molecule has 1 saturated heterocycles. The lowest BCUT2D eigenvalue weighted by Gasteiger charge is -2.52. The highest BCUT2D eigenvalue weighted by Gasteiger charge is 2.59. The van der Waals surface area contributed by atoms with Gasteiger partial charge < -0.3 is 46.0 Å². The maximum atomic E-state index is 15.8. The van der Waals surface area contributed by atoms with Crippen molar-refractivity contribution in [3.63, 3.8) is 0 Å². The summed E-state index contributed by atoms with van der Waals surface area (Å²) in [5.74, 6) is -1.24. The first-order valence-corrected chi connectivity index (χ1v) is 32.2. The minimum atomic E-state index is -4.40. The average molecular weight is 885 g/mol. The second kappa shape index (κ2) is 23.6. The van der Waals surface area contributed by atoms with Crippen molar-refractivity contribution in [3.05, 3.63) is 60.7 Å². The number of para-hydroxylation sites is 2. The predicted octanol–water partition coefficient (Wildman–Crippen LogP) is 9.55. The molecule has 328 valence electrons. The first-order chi connectivity index (χ1) is 27.2. The molecule has 58 heavy (non-hydrogen) atoms. The maximum absolute atomic E-state index is 15.8. The summed E-state index contributed by atoms with van der Waals surface area (Å²) in [6, 6.07) is 17.7. The van der Waals surface area contributed by atoms with Gasteiger partial charge in [0.05, 0.1) is 14.2 Å². The molecule has 0 spiro atoms. The average Bonchev–Trinajstić information content (AvgIpc) is 3.13. The van der Waals surface area contributed by atoms with E-state index in [1.165, 1.54) is 14.2 Å². The summed E-state index contributed by atoms with van der Waals surface area (Å²) in [6.07, 6.45) is 0.103. The lowest BCUT2D eigenvalue weighted by molar-refractivity contribution is -0.298. The molecular weight excluding hydrogens is 816 g/mol. The second-order valence-corrected chi connectivity index (χ2v) is 32.6. The number of esters is 2. The largest absolute Gasteiger partial charge is 0.469 e. The summed E-state index contributed by atoms with van der Waals surface area (Å²) in [7, 11) is -8.71. The van der Waals surface area contributed by atoms with Crippen molar-refractivity contribution in [2.45, 2.75) is 147 Å². The zero-order valence-corrected chi connectivity index (χ0v) is 40.5. The molecule has 2 aromatic rings. The van der Waals surface area contributed by atoms with Crippen LogP contribution in [0.25, 0.3) is 0 Å². The van der Waals surface area contributed by atoms with E-state index in [0.29, 0.717) is 56.6 Å². The van der Waals surface area contributed by atoms with E-state index in [0.717, 1.165) is 6.42 Å². The number of carbonyl (C=O) groups excluding carboxylic acids is 2. The molecule has 0 amide bonds. The topological polar surface area (TPSA) is 144 Å². The Morgan fingerprint density at radius 1 is 0.603 bits per heavy atom. The van der Waals surface area contributed by atoms with E-state index in [9.17, 15) is 9.59 Å². The Kier molecular flexibility index (Phi) is 20.3. The SMILES string of the molecule is COC(=O)CCCCCOC([C@H]1O[C@H](OCCCCCC(=O)OC)[C@@H](O[Si](C)(C)C)[C@@H](O[Si](C)(C)C)[C@@H]1O[Si](C)(C)C)P(=O)(Oc1ccccc1)Oc1ccccc1. The number of hydrogen-bond acceptors (Lipinski definition) is 13. The van der Waals surface area contributed by atoms with Gasteiger partial charge in [-0.1, -0.05) is 49.2 Å². The Balaban J connectivity index is 2.19. The van der Waals surface area contributed by atoms with Crippen LogP contribution in [0.3, 0.4) is 0 Å². The number of unbranched alkanes of at least 4 members (excludes halogenated alkanes) is 4. The van der Waals surface area contributed by atoms with E-state index < -0.39 is 69.1 Å². The van der Waals surface area contributed by atoms with E-state index in [1.807, 2.05) is 12.1 Å². The number of hydrogen-bond donors (Lipinski definition) is 0. The molecular formula is C41H69O13PSi3. The molecule has 0 aliphatic carbocycles. The third-order valence-corrected chi connectivity index (χ3v) is 13.6. The molecule has 0 N–H and O–H groups in total. The molecule has 13 nitrogen and oxygen atoms in total. The quantitative estimate of drug-likeness (QED) is 0.0383. The molecule has 1 unspecified atom stereocenters. The summed E-state index contributed by atoms with van der Waals surface area (Å²) >= 11 is 0. The smallest absolute Gasteiger partial charge is 0.462 e. The molecule has 1 fully saturated rings. The Morgan fingerprint density at radius 2 is 1.03 bits per heavy atom. The van der Waals surface area contributed by atoms with Gasteiger partial charge >= 0.3 is 19.5 Å². The van der Waals surface area contributed by atoms with Gasteiger partial charge in [0.25, 0.3) is 0 Å². The van der Waals surface area contributed by atoms with Gasteiger partial charge in [-0.05, 0) is 109 Å². The lowest BCUT2D eigenvalue weighted by Crippen LogP contribution is -2.67. The normalized spacial score (nSPS) is 20.9. The molecule has 0 bridgehead atoms. The van der Waals surface area contributed by atoms with E-state index >= 15 is 4.57 Å². The van der Waals surface area contributed by atoms with Crippen molar-refractivity contribution in [1.29, 1.82) is 0 Å². The molecule has 1 heterocycles. The van der Waals surface area contributed by atoms with Crippen LogP contribution in [-0.4, -0.2) is 101 Å². The Bertz CT molecular complexity index is 1500. The molecule has 1 aliphatic heterocycles. The van der Waals surface area contributed by atoms with Gasteiger partial charge in [0, 0.05) is 26.1 Å². The van der Waals surface area contributed by atoms with Crippen LogP contribution >= 0.6 is 7.60 Å². The third kappa shape index (κ3) is 18.1. The number of ether oxygens (including phenoxy) is 5. The molecule has 17 heteroatoms. The number of methoxy groups -OCH3 is 2. The lowest BCUT2D eigenvalue weighted by atomic mass is 9.99. The molecule has 6 atom stereocenters. The molecule has 1 aliphatic rings. The van der Waals surface area contributed by atoms with Crippen LogP contribution in [0.15, 0.2) is 60.7 Å². The van der Waals surface area contributed by atoms with Gasteiger partial charge in [0.15, 0.2) is 31.2 Å². The molecule has 0 aromatic heterocycles. The van der Waals surface area contributed by atoms with Crippen molar-refractivity contribution in [2.75, 3.05) is 27.4 Å². The summed E-state index contributed by atoms with van der Waals surface area (Å²) in [4.78, 5) is 23.6. The maximum Gasteiger partial charge on any atom is 0.462 e. The fourth-order valence-electron chi connectivity index (χ4n) is 6.27. The van der Waals surface area contributed by atoms with Crippen molar-refractivity contribution >= 4 is 44.5 Å². The van der Waals surface area contributed by atoms with Gasteiger partial charge in [-0.2, -0.15) is 0 Å². The summed E-state index contributed by atoms with van der Waals surface area (Å²) in [5, 5.41) is 0. The molecule has 3 rings (SSSR count). The van der Waals surface area contributed by atoms with Crippen molar-refractivity contribution in [1.82, 2.24) is 0 Å². The van der Waals surface area contributed by atoms with Gasteiger partial charge in [-0.25, -0.2) is 4.57 Å². The molecule has 0 radical (unpaired) electrons. The number of rotatable bonds is 26. The van der Waals surface area contributed by atoms with Crippen LogP contribution in [0.4, 0.5) is 0 Å². The first kappa shape index (κ1) is 50.0. The first-order valence-electron chi connectivity index (χ1n) is 20.4. The third-order valence-electron chi connectivity index (χ3n) is 8.62. The number of carbonyl (C=O) groups is 2. The standard InChI is InChI=1S/C41H69O13PSi3/c1-45-34(42)28-20-14-22-30-47-40-38(54-58(9,10)11)36(52-56(3,4)5)37(53-57(6,7)8)39(49-40)41(48-31-23-15-21-29-35(43)46-2)55(44,50-32-24-16-12-17-25-32)51-33-26-18-13-19-27-33/h12-13,16-19,24-27,36-41H,14-15,20-23,28-31H2,1-11H3/t36-,37-,38-,39-,40-,41?/m0/s1.